The van der Waals surface area contributed by atoms with Crippen LogP contribution in [0.1, 0.15) is 42.4 Å². The minimum Gasteiger partial charge on any atom is -0.496 e. The molecule has 0 radical (unpaired) electrons. The molecule has 1 atom stereocenters. The number of nitrogens with zero attached hydrogens (tertiary/aromatic N) is 4. The highest BCUT2D eigenvalue weighted by Gasteiger charge is 2.46. The van der Waals surface area contributed by atoms with Crippen molar-refractivity contribution in [3.63, 3.8) is 0 Å². The van der Waals surface area contributed by atoms with E-state index in [1.165, 1.54) is 24.3 Å². The average molecular weight is 664 g/mol. The molecule has 0 spiro atoms. The van der Waals surface area contributed by atoms with E-state index in [-0.39, 0.29) is 23.6 Å². The summed E-state index contributed by atoms with van der Waals surface area (Å²) in [6.45, 7) is 4.45. The monoisotopic (exact) mass is 663 g/mol. The molecule has 5 aromatic rings. The van der Waals surface area contributed by atoms with Gasteiger partial charge in [-0.25, -0.2) is 13.8 Å². The van der Waals surface area contributed by atoms with Crippen molar-refractivity contribution in [2.75, 3.05) is 38.6 Å². The van der Waals surface area contributed by atoms with Gasteiger partial charge in [-0.1, -0.05) is 54.6 Å². The Hall–Kier alpha value is -4.76. The van der Waals surface area contributed by atoms with Gasteiger partial charge in [0, 0.05) is 37.8 Å². The number of rotatable bonds is 12. The Morgan fingerprint density at radius 2 is 1.51 bits per heavy atom. The molecule has 2 aliphatic rings. The van der Waals surface area contributed by atoms with Gasteiger partial charge in [0.05, 0.1) is 30.1 Å². The Kier molecular flexibility index (Phi) is 9.62. The molecule has 49 heavy (non-hydrogen) atoms. The van der Waals surface area contributed by atoms with Crippen LogP contribution in [-0.4, -0.2) is 64.6 Å². The number of piperidine rings is 1. The highest BCUT2D eigenvalue weighted by atomic mass is 19.1. The van der Waals surface area contributed by atoms with Crippen LogP contribution in [0.5, 0.6) is 5.75 Å². The van der Waals surface area contributed by atoms with Gasteiger partial charge >= 0.3 is 0 Å². The van der Waals surface area contributed by atoms with E-state index < -0.39 is 5.41 Å². The maximum Gasteiger partial charge on any atom is 0.229 e. The predicted octanol–water partition coefficient (Wildman–Crippen LogP) is 7.30. The molecule has 0 bridgehead atoms. The molecule has 9 heteroatoms. The maximum atomic E-state index is 14.2. The van der Waals surface area contributed by atoms with Crippen LogP contribution in [0, 0.1) is 17.0 Å². The lowest BCUT2D eigenvalue weighted by atomic mass is 9.77. The fraction of sp³-hybridized carbons (Fsp3) is 0.350. The Bertz CT molecular complexity index is 1890. The molecule has 254 valence electrons. The minimum absolute atomic E-state index is 0.166. The van der Waals surface area contributed by atoms with E-state index in [9.17, 15) is 13.6 Å². The zero-order valence-corrected chi connectivity index (χ0v) is 28.0. The van der Waals surface area contributed by atoms with Crippen LogP contribution >= 0.6 is 0 Å². The Balaban J connectivity index is 1.01. The molecular formula is C40H43F2N5O2. The summed E-state index contributed by atoms with van der Waals surface area (Å²) in [6.07, 6.45) is 4.02. The van der Waals surface area contributed by atoms with Crippen LogP contribution in [0.4, 0.5) is 14.7 Å². The van der Waals surface area contributed by atoms with E-state index >= 15 is 0 Å². The van der Waals surface area contributed by atoms with Crippen LogP contribution in [0.2, 0.25) is 0 Å². The quantitative estimate of drug-likeness (QED) is 0.152. The van der Waals surface area contributed by atoms with E-state index in [4.69, 9.17) is 9.72 Å². The minimum atomic E-state index is -0.542. The fourth-order valence-corrected chi connectivity index (χ4v) is 7.53. The van der Waals surface area contributed by atoms with Crippen molar-refractivity contribution in [2.45, 2.75) is 51.2 Å². The Morgan fingerprint density at radius 1 is 0.837 bits per heavy atom. The summed E-state index contributed by atoms with van der Waals surface area (Å²) < 4.78 is 35.1. The summed E-state index contributed by atoms with van der Waals surface area (Å²) in [6, 6.07) is 29.5. The molecule has 2 saturated heterocycles. The zero-order valence-electron chi connectivity index (χ0n) is 28.0. The molecule has 0 saturated carbocycles. The summed E-state index contributed by atoms with van der Waals surface area (Å²) >= 11 is 0. The summed E-state index contributed by atoms with van der Waals surface area (Å²) in [5, 5.41) is 3.73. The predicted molar refractivity (Wildman–Crippen MR) is 189 cm³/mol. The zero-order chi connectivity index (χ0) is 33.8. The number of imidazole rings is 1. The molecule has 1 aromatic heterocycles. The van der Waals surface area contributed by atoms with Gasteiger partial charge in [0.15, 0.2) is 0 Å². The third-order valence-electron chi connectivity index (χ3n) is 10.3. The molecular weight excluding hydrogens is 620 g/mol. The topological polar surface area (TPSA) is 62.6 Å². The third kappa shape index (κ3) is 7.32. The first-order valence-corrected chi connectivity index (χ1v) is 17.2. The molecule has 1 amide bonds. The first-order chi connectivity index (χ1) is 23.9. The largest absolute Gasteiger partial charge is 0.496 e. The highest BCUT2D eigenvalue weighted by Crippen LogP contribution is 2.40. The molecule has 7 nitrogen and oxygen atoms in total. The number of nitrogens with one attached hydrogen (secondary N) is 1. The Labute approximate surface area is 286 Å². The average Bonchev–Trinajstić information content (AvgIpc) is 3.62. The molecule has 2 aliphatic heterocycles. The van der Waals surface area contributed by atoms with Crippen LogP contribution in [0.15, 0.2) is 97.1 Å². The number of ether oxygens (including phenoxy) is 1. The second-order valence-electron chi connectivity index (χ2n) is 13.5. The highest BCUT2D eigenvalue weighted by molar-refractivity contribution is 5.85. The summed E-state index contributed by atoms with van der Waals surface area (Å²) in [7, 11) is 1.66. The molecule has 7 rings (SSSR count). The van der Waals surface area contributed by atoms with Crippen LogP contribution in [0.3, 0.4) is 0 Å². The van der Waals surface area contributed by atoms with Crippen molar-refractivity contribution < 1.29 is 18.3 Å². The number of carbonyl (C=O) groups is 1. The van der Waals surface area contributed by atoms with Crippen molar-refractivity contribution in [3.8, 4) is 5.75 Å². The van der Waals surface area contributed by atoms with Gasteiger partial charge in [-0.3, -0.25) is 4.79 Å². The van der Waals surface area contributed by atoms with Gasteiger partial charge in [0.1, 0.15) is 17.4 Å². The molecule has 1 unspecified atom stereocenters. The van der Waals surface area contributed by atoms with Crippen molar-refractivity contribution >= 4 is 22.9 Å². The Morgan fingerprint density at radius 3 is 2.24 bits per heavy atom. The number of hydrogen-bond donors (Lipinski definition) is 1. The van der Waals surface area contributed by atoms with Crippen molar-refractivity contribution in [2.24, 2.45) is 5.41 Å². The van der Waals surface area contributed by atoms with Gasteiger partial charge in [-0.05, 0) is 92.2 Å². The number of hydrogen-bond acceptors (Lipinski definition) is 5. The van der Waals surface area contributed by atoms with Crippen molar-refractivity contribution in [1.29, 1.82) is 0 Å². The maximum absolute atomic E-state index is 14.2. The summed E-state index contributed by atoms with van der Waals surface area (Å²) in [4.78, 5) is 23.6. The number of methoxy groups -OCH3 is 1. The lowest BCUT2D eigenvalue weighted by Crippen LogP contribution is -2.43. The van der Waals surface area contributed by atoms with E-state index in [0.717, 1.165) is 84.7 Å². The number of carbonyl (C=O) groups excluding carboxylic acids is 1. The van der Waals surface area contributed by atoms with Crippen molar-refractivity contribution in [1.82, 2.24) is 19.4 Å². The van der Waals surface area contributed by atoms with Crippen LogP contribution in [-0.2, 0) is 24.3 Å². The first-order valence-electron chi connectivity index (χ1n) is 17.2. The van der Waals surface area contributed by atoms with Crippen molar-refractivity contribution in [3.05, 3.63) is 125 Å². The van der Waals surface area contributed by atoms with E-state index in [2.05, 4.69) is 20.9 Å². The second kappa shape index (κ2) is 14.4. The standard InChI is InChI=1S/C40H43F2N5O2/c1-49-37-9-5-2-6-31(37)28-46-25-21-40(38(46)48,26-29-10-14-32(41)15-11-29)20-24-45-22-18-34(19-23-45)43-39-44-35-7-3-4-8-36(35)47(39)27-30-12-16-33(42)17-13-30/h2-17,34H,18-28H2,1H3,(H,43,44). The van der Waals surface area contributed by atoms with Gasteiger partial charge in [0.2, 0.25) is 11.9 Å². The second-order valence-corrected chi connectivity index (χ2v) is 13.5. The molecule has 3 heterocycles. The van der Waals surface area contributed by atoms with Gasteiger partial charge in [-0.15, -0.1) is 0 Å². The lowest BCUT2D eigenvalue weighted by Gasteiger charge is -2.35. The van der Waals surface area contributed by atoms with Gasteiger partial charge in [-0.2, -0.15) is 0 Å². The lowest BCUT2D eigenvalue weighted by molar-refractivity contribution is -0.137. The van der Waals surface area contributed by atoms with Gasteiger partial charge < -0.3 is 24.4 Å². The van der Waals surface area contributed by atoms with Gasteiger partial charge in [0.25, 0.3) is 0 Å². The SMILES string of the molecule is COc1ccccc1CN1CCC(CCN2CCC(Nc3nc4ccccc4n3Cc3ccc(F)cc3)CC2)(Cc2ccc(F)cc2)C1=O. The summed E-state index contributed by atoms with van der Waals surface area (Å²) in [5.41, 5.74) is 4.42. The number of amides is 1. The smallest absolute Gasteiger partial charge is 0.229 e. The third-order valence-corrected chi connectivity index (χ3v) is 10.3. The van der Waals surface area contributed by atoms with Crippen LogP contribution < -0.4 is 10.1 Å². The van der Waals surface area contributed by atoms with E-state index in [1.54, 1.807) is 7.11 Å². The molecule has 0 aliphatic carbocycles. The normalized spacial score (nSPS) is 18.8. The number of aromatic nitrogens is 2. The number of benzene rings is 4. The van der Waals surface area contributed by atoms with E-state index in [1.807, 2.05) is 71.6 Å². The summed E-state index contributed by atoms with van der Waals surface area (Å²) in [5.74, 6) is 1.27. The molecule has 4 aromatic carbocycles. The number of anilines is 1. The number of likely N-dealkylation sites (tertiary alicyclic amines) is 2. The molecule has 2 fully saturated rings. The molecule has 1 N–H and O–H groups in total. The number of fused-ring (bicyclic) bond motifs is 1. The number of halogens is 2. The van der Waals surface area contributed by atoms with E-state index in [0.29, 0.717) is 26.1 Å². The van der Waals surface area contributed by atoms with Crippen LogP contribution in [0.25, 0.3) is 11.0 Å². The number of para-hydroxylation sites is 3. The first kappa shape index (κ1) is 32.8. The fourth-order valence-electron chi connectivity index (χ4n) is 7.53.